The number of hydrogen-bond acceptors (Lipinski definition) is 8. The summed E-state index contributed by atoms with van der Waals surface area (Å²) in [5.74, 6) is 1.10. The number of nitrogens with zero attached hydrogens (tertiary/aromatic N) is 6. The fraction of sp³-hybridized carbons (Fsp3) is 0.548. The van der Waals surface area contributed by atoms with Gasteiger partial charge in [-0.2, -0.15) is 9.97 Å². The van der Waals surface area contributed by atoms with Crippen LogP contribution in [0.25, 0.3) is 10.8 Å². The van der Waals surface area contributed by atoms with Gasteiger partial charge in [-0.15, -0.1) is 0 Å². The minimum absolute atomic E-state index is 0.447. The summed E-state index contributed by atoms with van der Waals surface area (Å²) in [5, 5.41) is 6.09. The van der Waals surface area contributed by atoms with Crippen LogP contribution >= 0.6 is 0 Å². The minimum Gasteiger partial charge on any atom is -0.462 e. The van der Waals surface area contributed by atoms with Crippen LogP contribution in [0.15, 0.2) is 36.4 Å². The maximum atomic E-state index is 6.34. The van der Waals surface area contributed by atoms with E-state index in [0.29, 0.717) is 24.7 Å². The Balaban J connectivity index is 1.17. The molecule has 0 spiro atoms. The summed E-state index contributed by atoms with van der Waals surface area (Å²) >= 11 is 0. The summed E-state index contributed by atoms with van der Waals surface area (Å²) in [6.07, 6.45) is 3.37. The Kier molecular flexibility index (Phi) is 6.78. The van der Waals surface area contributed by atoms with Crippen LogP contribution in [0.1, 0.15) is 29.7 Å². The predicted molar refractivity (Wildman–Crippen MR) is 157 cm³/mol. The van der Waals surface area contributed by atoms with E-state index in [4.69, 9.17) is 14.7 Å². The summed E-state index contributed by atoms with van der Waals surface area (Å²) < 4.78 is 6.34. The van der Waals surface area contributed by atoms with E-state index in [1.807, 2.05) is 0 Å². The molecule has 39 heavy (non-hydrogen) atoms. The summed E-state index contributed by atoms with van der Waals surface area (Å²) in [7, 11) is 2.20. The molecule has 8 heteroatoms. The van der Waals surface area contributed by atoms with Crippen LogP contribution in [0.4, 0.5) is 11.5 Å². The van der Waals surface area contributed by atoms with Crippen molar-refractivity contribution in [3.8, 4) is 6.01 Å². The number of rotatable bonds is 7. The first-order chi connectivity index (χ1) is 19.1. The smallest absolute Gasteiger partial charge is 0.318 e. The molecule has 1 aromatic heterocycles. The van der Waals surface area contributed by atoms with Crippen molar-refractivity contribution in [2.75, 3.05) is 75.8 Å². The van der Waals surface area contributed by atoms with Crippen molar-refractivity contribution in [2.45, 2.75) is 44.8 Å². The molecule has 2 aromatic carbocycles. The number of nitrogens with one attached hydrogen (secondary N) is 1. The molecular formula is C31H41N7O. The maximum Gasteiger partial charge on any atom is 0.318 e. The lowest BCUT2D eigenvalue weighted by molar-refractivity contribution is 0.187. The molecule has 0 radical (unpaired) electrons. The van der Waals surface area contributed by atoms with E-state index in [-0.39, 0.29) is 0 Å². The monoisotopic (exact) mass is 527 g/mol. The van der Waals surface area contributed by atoms with Crippen molar-refractivity contribution in [1.82, 2.24) is 25.1 Å². The van der Waals surface area contributed by atoms with Crippen molar-refractivity contribution in [2.24, 2.45) is 0 Å². The maximum absolute atomic E-state index is 6.34. The number of aromatic nitrogens is 2. The zero-order valence-corrected chi connectivity index (χ0v) is 23.4. The van der Waals surface area contributed by atoms with E-state index >= 15 is 0 Å². The highest BCUT2D eigenvalue weighted by atomic mass is 16.5. The molecule has 2 atom stereocenters. The fourth-order valence-corrected chi connectivity index (χ4v) is 6.72. The number of aryl methyl sites for hydroxylation is 1. The highest BCUT2D eigenvalue weighted by molar-refractivity contribution is 5.97. The number of likely N-dealkylation sites (N-methyl/N-ethyl adjacent to an activating group) is 1. The second kappa shape index (κ2) is 10.6. The molecule has 206 valence electrons. The molecule has 0 amide bonds. The molecule has 3 fully saturated rings. The summed E-state index contributed by atoms with van der Waals surface area (Å²) in [4.78, 5) is 20.1. The Morgan fingerprint density at radius 2 is 1.79 bits per heavy atom. The molecule has 7 rings (SSSR count). The largest absolute Gasteiger partial charge is 0.462 e. The molecule has 4 aliphatic rings. The van der Waals surface area contributed by atoms with E-state index in [1.165, 1.54) is 53.5 Å². The van der Waals surface area contributed by atoms with Crippen molar-refractivity contribution in [3.63, 3.8) is 0 Å². The second-order valence-corrected chi connectivity index (χ2v) is 11.9. The van der Waals surface area contributed by atoms with E-state index in [0.717, 1.165) is 63.7 Å². The SMILES string of the molecule is Cc1cccc2cccc(N3CCc4c(nc(OC[C@@H]5CCCN5C)nc4N4CCN(CC5CN5)CC4)C3)c12. The summed E-state index contributed by atoms with van der Waals surface area (Å²) in [6.45, 7) is 12.3. The third-order valence-electron chi connectivity index (χ3n) is 9.17. The van der Waals surface area contributed by atoms with Gasteiger partial charge in [0.1, 0.15) is 12.4 Å². The first-order valence-corrected chi connectivity index (χ1v) is 14.8. The topological polar surface area (TPSA) is 69.9 Å². The molecule has 1 unspecified atom stereocenters. The van der Waals surface area contributed by atoms with Gasteiger partial charge in [0.2, 0.25) is 0 Å². The van der Waals surface area contributed by atoms with E-state index in [1.54, 1.807) is 0 Å². The molecular weight excluding hydrogens is 486 g/mol. The molecule has 0 aliphatic carbocycles. The fourth-order valence-electron chi connectivity index (χ4n) is 6.72. The molecule has 1 N–H and O–H groups in total. The lowest BCUT2D eigenvalue weighted by Gasteiger charge is -2.38. The highest BCUT2D eigenvalue weighted by Gasteiger charge is 2.31. The highest BCUT2D eigenvalue weighted by Crippen LogP contribution is 2.35. The quantitative estimate of drug-likeness (QED) is 0.471. The molecule has 0 bridgehead atoms. The lowest BCUT2D eigenvalue weighted by Crippen LogP contribution is -2.48. The summed E-state index contributed by atoms with van der Waals surface area (Å²) in [5.41, 5.74) is 5.05. The van der Waals surface area contributed by atoms with E-state index < -0.39 is 0 Å². The van der Waals surface area contributed by atoms with Crippen LogP contribution in [0.3, 0.4) is 0 Å². The molecule has 4 aliphatic heterocycles. The van der Waals surface area contributed by atoms with Crippen LogP contribution in [-0.2, 0) is 13.0 Å². The van der Waals surface area contributed by atoms with Gasteiger partial charge in [0, 0.05) is 74.5 Å². The van der Waals surface area contributed by atoms with Crippen LogP contribution in [-0.4, -0.2) is 97.9 Å². The normalized spacial score (nSPS) is 23.8. The van der Waals surface area contributed by atoms with Crippen LogP contribution < -0.4 is 19.9 Å². The second-order valence-electron chi connectivity index (χ2n) is 11.9. The van der Waals surface area contributed by atoms with Crippen molar-refractivity contribution < 1.29 is 4.74 Å². The van der Waals surface area contributed by atoms with Gasteiger partial charge in [-0.05, 0) is 56.8 Å². The molecule has 3 saturated heterocycles. The van der Waals surface area contributed by atoms with Crippen molar-refractivity contribution >= 4 is 22.3 Å². The Morgan fingerprint density at radius 1 is 0.974 bits per heavy atom. The number of benzene rings is 2. The Morgan fingerprint density at radius 3 is 2.56 bits per heavy atom. The number of ether oxygens (including phenoxy) is 1. The van der Waals surface area contributed by atoms with E-state index in [9.17, 15) is 0 Å². The molecule has 0 saturated carbocycles. The molecule has 5 heterocycles. The van der Waals surface area contributed by atoms with Gasteiger partial charge < -0.3 is 24.8 Å². The van der Waals surface area contributed by atoms with Gasteiger partial charge in [0.15, 0.2) is 0 Å². The minimum atomic E-state index is 0.447. The van der Waals surface area contributed by atoms with Gasteiger partial charge >= 0.3 is 6.01 Å². The number of hydrogen-bond donors (Lipinski definition) is 1. The summed E-state index contributed by atoms with van der Waals surface area (Å²) in [6, 6.07) is 14.9. The zero-order valence-electron chi connectivity index (χ0n) is 23.4. The van der Waals surface area contributed by atoms with E-state index in [2.05, 4.69) is 75.3 Å². The average molecular weight is 528 g/mol. The number of anilines is 2. The third kappa shape index (κ3) is 5.17. The first kappa shape index (κ1) is 25.1. The lowest BCUT2D eigenvalue weighted by atomic mass is 9.99. The van der Waals surface area contributed by atoms with Gasteiger partial charge in [0.05, 0.1) is 12.2 Å². The first-order valence-electron chi connectivity index (χ1n) is 14.8. The zero-order chi connectivity index (χ0) is 26.3. The van der Waals surface area contributed by atoms with Gasteiger partial charge in [-0.25, -0.2) is 0 Å². The Hall–Kier alpha value is -2.94. The van der Waals surface area contributed by atoms with Gasteiger partial charge in [-0.1, -0.05) is 30.3 Å². The van der Waals surface area contributed by atoms with Gasteiger partial charge in [-0.3, -0.25) is 4.90 Å². The van der Waals surface area contributed by atoms with Crippen LogP contribution in [0, 0.1) is 6.92 Å². The van der Waals surface area contributed by atoms with Crippen molar-refractivity contribution in [3.05, 3.63) is 53.2 Å². The van der Waals surface area contributed by atoms with Gasteiger partial charge in [0.25, 0.3) is 0 Å². The standard InChI is InChI=1S/C31H41N7O/c1-22-6-3-7-23-8-4-10-28(29(22)23)38-13-11-26-27(20-38)33-31(39-21-25-9-5-12-35(25)2)34-30(26)37-16-14-36(15-17-37)19-24-18-32-24/h3-4,6-8,10,24-25,32H,5,9,11-21H2,1-2H3/t24?,25-/m0/s1. The average Bonchev–Trinajstić information content (AvgIpc) is 3.69. The Labute approximate surface area is 231 Å². The molecule has 8 nitrogen and oxygen atoms in total. The van der Waals surface area contributed by atoms with Crippen LogP contribution in [0.5, 0.6) is 6.01 Å². The molecule has 3 aromatic rings. The Bertz CT molecular complexity index is 1330. The third-order valence-corrected chi connectivity index (χ3v) is 9.17. The number of piperazine rings is 1. The number of likely N-dealkylation sites (tertiary alicyclic amines) is 1. The van der Waals surface area contributed by atoms with Crippen molar-refractivity contribution in [1.29, 1.82) is 0 Å². The number of fused-ring (bicyclic) bond motifs is 2. The predicted octanol–water partition coefficient (Wildman–Crippen LogP) is 3.07. The van der Waals surface area contributed by atoms with Crippen LogP contribution in [0.2, 0.25) is 0 Å².